The Morgan fingerprint density at radius 1 is 0.643 bits per heavy atom. The van der Waals surface area contributed by atoms with E-state index in [1.165, 1.54) is 4.90 Å². The summed E-state index contributed by atoms with van der Waals surface area (Å²) in [7, 11) is 0. The average Bonchev–Trinajstić information content (AvgIpc) is 3.33. The highest BCUT2D eigenvalue weighted by molar-refractivity contribution is 6.34. The highest BCUT2D eigenvalue weighted by Gasteiger charge is 2.36. The molecule has 3 aromatic carbocycles. The minimum atomic E-state index is -0.306. The number of amides is 2. The number of carbonyl (C=O) groups excluding carboxylic acids is 2. The fraction of sp³-hybridized carbons (Fsp3) is 0. The van der Waals surface area contributed by atoms with E-state index in [1.54, 1.807) is 47.3 Å². The van der Waals surface area contributed by atoms with Gasteiger partial charge in [0, 0.05) is 5.56 Å². The lowest BCUT2D eigenvalue weighted by Crippen LogP contribution is -2.29. The van der Waals surface area contributed by atoms with Gasteiger partial charge in [-0.25, -0.2) is 9.58 Å². The molecule has 134 valence electrons. The molecule has 0 spiro atoms. The average molecular weight is 366 g/mol. The van der Waals surface area contributed by atoms with Gasteiger partial charge in [-0.15, -0.1) is 5.10 Å². The summed E-state index contributed by atoms with van der Waals surface area (Å²) in [6.45, 7) is 0. The molecule has 0 radical (unpaired) electrons. The van der Waals surface area contributed by atoms with Crippen molar-refractivity contribution in [3.05, 3.63) is 96.2 Å². The molecule has 2 amide bonds. The molecule has 6 nitrogen and oxygen atoms in total. The first-order valence-electron chi connectivity index (χ1n) is 8.78. The van der Waals surface area contributed by atoms with Crippen LogP contribution in [0.1, 0.15) is 20.7 Å². The van der Waals surface area contributed by atoms with Crippen LogP contribution >= 0.6 is 0 Å². The van der Waals surface area contributed by atoms with Crippen LogP contribution in [0, 0.1) is 0 Å². The smallest absolute Gasteiger partial charge is 0.266 e. The van der Waals surface area contributed by atoms with Crippen LogP contribution < -0.4 is 4.90 Å². The number of imide groups is 1. The molecule has 4 aromatic rings. The van der Waals surface area contributed by atoms with Crippen molar-refractivity contribution in [2.24, 2.45) is 0 Å². The van der Waals surface area contributed by atoms with Crippen LogP contribution in [0.3, 0.4) is 0 Å². The van der Waals surface area contributed by atoms with Crippen LogP contribution in [0.2, 0.25) is 0 Å². The third-order valence-electron chi connectivity index (χ3n) is 4.77. The van der Waals surface area contributed by atoms with Gasteiger partial charge in [-0.2, -0.15) is 0 Å². The maximum Gasteiger partial charge on any atom is 0.266 e. The van der Waals surface area contributed by atoms with E-state index in [0.717, 1.165) is 16.9 Å². The predicted octanol–water partition coefficient (Wildman–Crippen LogP) is 3.73. The molecule has 1 aromatic heterocycles. The molecule has 2 heterocycles. The number of hydrogen-bond acceptors (Lipinski definition) is 4. The first-order chi connectivity index (χ1) is 13.7. The molecular formula is C22H14N4O2. The largest absolute Gasteiger partial charge is 0.268 e. The third-order valence-corrected chi connectivity index (χ3v) is 4.77. The van der Waals surface area contributed by atoms with E-state index >= 15 is 0 Å². The molecular weight excluding hydrogens is 352 g/mol. The Labute approximate surface area is 160 Å². The van der Waals surface area contributed by atoms with Crippen molar-refractivity contribution < 1.29 is 9.59 Å². The standard InChI is InChI=1S/C22H14N4O2/c27-21-18-8-4-5-9-19(18)22(28)25(21)16-10-12-17(13-11-16)26-20(14-23-24-26)15-6-2-1-3-7-15/h1-14H. The summed E-state index contributed by atoms with van der Waals surface area (Å²) in [4.78, 5) is 26.5. The zero-order chi connectivity index (χ0) is 19.1. The lowest BCUT2D eigenvalue weighted by molar-refractivity contribution is 0.0926. The second-order valence-corrected chi connectivity index (χ2v) is 6.40. The van der Waals surface area contributed by atoms with Crippen LogP contribution in [-0.4, -0.2) is 26.8 Å². The van der Waals surface area contributed by atoms with Crippen LogP contribution in [0.4, 0.5) is 5.69 Å². The maximum absolute atomic E-state index is 12.6. The van der Waals surface area contributed by atoms with Crippen LogP contribution in [0.5, 0.6) is 0 Å². The number of rotatable bonds is 3. The highest BCUT2D eigenvalue weighted by atomic mass is 16.2. The van der Waals surface area contributed by atoms with E-state index in [-0.39, 0.29) is 11.8 Å². The highest BCUT2D eigenvalue weighted by Crippen LogP contribution is 2.29. The fourth-order valence-electron chi connectivity index (χ4n) is 3.40. The normalized spacial score (nSPS) is 13.1. The van der Waals surface area contributed by atoms with Crippen molar-refractivity contribution in [2.75, 3.05) is 4.90 Å². The number of nitrogens with zero attached hydrogens (tertiary/aromatic N) is 4. The van der Waals surface area contributed by atoms with Crippen LogP contribution in [0.25, 0.3) is 16.9 Å². The predicted molar refractivity (Wildman–Crippen MR) is 104 cm³/mol. The van der Waals surface area contributed by atoms with Crippen molar-refractivity contribution in [1.82, 2.24) is 15.0 Å². The summed E-state index contributed by atoms with van der Waals surface area (Å²) in [6.07, 6.45) is 1.70. The van der Waals surface area contributed by atoms with E-state index in [2.05, 4.69) is 10.3 Å². The molecule has 1 aliphatic heterocycles. The summed E-state index contributed by atoms with van der Waals surface area (Å²) in [5.41, 5.74) is 4.03. The topological polar surface area (TPSA) is 68.1 Å². The minimum Gasteiger partial charge on any atom is -0.268 e. The van der Waals surface area contributed by atoms with Gasteiger partial charge in [-0.3, -0.25) is 9.59 Å². The molecule has 28 heavy (non-hydrogen) atoms. The summed E-state index contributed by atoms with van der Waals surface area (Å²) in [5, 5.41) is 8.19. The Balaban J connectivity index is 1.50. The Bertz CT molecular complexity index is 1160. The zero-order valence-corrected chi connectivity index (χ0v) is 14.7. The summed E-state index contributed by atoms with van der Waals surface area (Å²) >= 11 is 0. The van der Waals surface area contributed by atoms with Gasteiger partial charge >= 0.3 is 0 Å². The molecule has 6 heteroatoms. The monoisotopic (exact) mass is 366 g/mol. The number of carbonyl (C=O) groups is 2. The van der Waals surface area contributed by atoms with E-state index < -0.39 is 0 Å². The molecule has 5 rings (SSSR count). The maximum atomic E-state index is 12.6. The molecule has 1 aliphatic rings. The van der Waals surface area contributed by atoms with Gasteiger partial charge in [0.25, 0.3) is 11.8 Å². The van der Waals surface area contributed by atoms with E-state index in [4.69, 9.17) is 0 Å². The molecule has 0 bridgehead atoms. The Morgan fingerprint density at radius 3 is 1.86 bits per heavy atom. The van der Waals surface area contributed by atoms with Crippen molar-refractivity contribution in [2.45, 2.75) is 0 Å². The fourth-order valence-corrected chi connectivity index (χ4v) is 3.40. The van der Waals surface area contributed by atoms with Crippen LogP contribution in [-0.2, 0) is 0 Å². The molecule has 0 saturated heterocycles. The quantitative estimate of drug-likeness (QED) is 0.518. The van der Waals surface area contributed by atoms with Gasteiger partial charge in [0.1, 0.15) is 0 Å². The van der Waals surface area contributed by atoms with Crippen molar-refractivity contribution >= 4 is 17.5 Å². The van der Waals surface area contributed by atoms with Crippen molar-refractivity contribution in [1.29, 1.82) is 0 Å². The van der Waals surface area contributed by atoms with Crippen molar-refractivity contribution in [3.63, 3.8) is 0 Å². The molecule has 0 fully saturated rings. The second kappa shape index (κ2) is 6.28. The molecule has 0 saturated carbocycles. The van der Waals surface area contributed by atoms with Gasteiger partial charge in [-0.1, -0.05) is 47.7 Å². The van der Waals surface area contributed by atoms with E-state index in [1.807, 2.05) is 42.5 Å². The molecule has 0 aliphatic carbocycles. The van der Waals surface area contributed by atoms with Crippen LogP contribution in [0.15, 0.2) is 85.1 Å². The van der Waals surface area contributed by atoms with Crippen molar-refractivity contribution in [3.8, 4) is 16.9 Å². The van der Waals surface area contributed by atoms with Gasteiger partial charge < -0.3 is 0 Å². The first-order valence-corrected chi connectivity index (χ1v) is 8.78. The Hall–Kier alpha value is -4.06. The molecule has 0 atom stereocenters. The molecule has 0 N–H and O–H groups in total. The zero-order valence-electron chi connectivity index (χ0n) is 14.7. The summed E-state index contributed by atoms with van der Waals surface area (Å²) in [5.74, 6) is -0.613. The SMILES string of the molecule is O=C1c2ccccc2C(=O)N1c1ccc(-n2nncc2-c2ccccc2)cc1. The minimum absolute atomic E-state index is 0.306. The Morgan fingerprint density at radius 2 is 1.21 bits per heavy atom. The number of benzene rings is 3. The number of hydrogen-bond donors (Lipinski definition) is 0. The number of anilines is 1. The van der Waals surface area contributed by atoms with Gasteiger partial charge in [0.05, 0.1) is 34.4 Å². The number of fused-ring (bicyclic) bond motifs is 1. The van der Waals surface area contributed by atoms with E-state index in [9.17, 15) is 9.59 Å². The number of aromatic nitrogens is 3. The summed E-state index contributed by atoms with van der Waals surface area (Å²) in [6, 6.07) is 23.8. The van der Waals surface area contributed by atoms with Gasteiger partial charge in [0.2, 0.25) is 0 Å². The Kier molecular flexibility index (Phi) is 3.62. The second-order valence-electron chi connectivity index (χ2n) is 6.40. The first kappa shape index (κ1) is 16.1. The lowest BCUT2D eigenvalue weighted by atomic mass is 10.1. The third kappa shape index (κ3) is 2.43. The van der Waals surface area contributed by atoms with Gasteiger partial charge in [0.15, 0.2) is 0 Å². The lowest BCUT2D eigenvalue weighted by Gasteiger charge is -2.14. The summed E-state index contributed by atoms with van der Waals surface area (Å²) < 4.78 is 1.72. The van der Waals surface area contributed by atoms with E-state index in [0.29, 0.717) is 16.8 Å². The van der Waals surface area contributed by atoms with Gasteiger partial charge in [-0.05, 0) is 36.4 Å². The molecule has 0 unspecified atom stereocenters.